The zero-order valence-corrected chi connectivity index (χ0v) is 14.9. The molecule has 6 nitrogen and oxygen atoms in total. The molecule has 1 aromatic heterocycles. The predicted molar refractivity (Wildman–Crippen MR) is 93.8 cm³/mol. The van der Waals surface area contributed by atoms with Gasteiger partial charge in [0.25, 0.3) is 5.91 Å². The molecule has 1 aromatic carbocycles. The van der Waals surface area contributed by atoms with Crippen LogP contribution in [0.25, 0.3) is 0 Å². The lowest BCUT2D eigenvalue weighted by Crippen LogP contribution is -2.32. The van der Waals surface area contributed by atoms with Gasteiger partial charge in [0.15, 0.2) is 6.61 Å². The van der Waals surface area contributed by atoms with Gasteiger partial charge in [0.2, 0.25) is 5.88 Å². The maximum Gasteiger partial charge on any atom is 0.422 e. The first-order valence-electron chi connectivity index (χ1n) is 8.46. The highest BCUT2D eigenvalue weighted by Crippen LogP contribution is 2.18. The Kier molecular flexibility index (Phi) is 7.36. The van der Waals surface area contributed by atoms with Crippen LogP contribution in [-0.2, 0) is 11.3 Å². The molecule has 2 rings (SSSR count). The molecule has 1 N–H and O–H groups in total. The molecule has 0 atom stereocenters. The molecule has 0 aliphatic heterocycles. The first-order chi connectivity index (χ1) is 13.2. The van der Waals surface area contributed by atoms with E-state index in [2.05, 4.69) is 9.72 Å². The maximum atomic E-state index is 12.8. The Labute approximate surface area is 159 Å². The van der Waals surface area contributed by atoms with E-state index < -0.39 is 24.7 Å². The molecule has 0 radical (unpaired) electrons. The number of carbonyl (C=O) groups excluding carboxylic acids is 1. The maximum absolute atomic E-state index is 12.8. The van der Waals surface area contributed by atoms with Gasteiger partial charge in [-0.25, -0.2) is 4.98 Å². The Hall–Kier alpha value is -3.10. The first-order valence-corrected chi connectivity index (χ1v) is 8.46. The lowest BCUT2D eigenvalue weighted by molar-refractivity contribution is -0.154. The highest BCUT2D eigenvalue weighted by atomic mass is 19.4. The first kappa shape index (κ1) is 21.2. The van der Waals surface area contributed by atoms with Crippen molar-refractivity contribution < 1.29 is 32.6 Å². The molecular formula is C19H19F3N2O4. The molecular weight excluding hydrogens is 377 g/mol. The van der Waals surface area contributed by atoms with E-state index in [1.165, 1.54) is 23.1 Å². The van der Waals surface area contributed by atoms with Crippen molar-refractivity contribution in [2.45, 2.75) is 25.6 Å². The molecule has 2 aromatic rings. The number of ether oxygens (including phenoxy) is 1. The number of hydrogen-bond acceptors (Lipinski definition) is 4. The number of benzene rings is 1. The van der Waals surface area contributed by atoms with Crippen molar-refractivity contribution in [2.24, 2.45) is 0 Å². The predicted octanol–water partition coefficient (Wildman–Crippen LogP) is 3.53. The summed E-state index contributed by atoms with van der Waals surface area (Å²) in [5.41, 5.74) is 0.751. The summed E-state index contributed by atoms with van der Waals surface area (Å²) in [6, 6.07) is 13.0. The van der Waals surface area contributed by atoms with Crippen LogP contribution in [0.2, 0.25) is 0 Å². The number of hydrogen-bond donors (Lipinski definition) is 1. The molecule has 0 saturated carbocycles. The van der Waals surface area contributed by atoms with Gasteiger partial charge in [-0.15, -0.1) is 0 Å². The Morgan fingerprint density at radius 3 is 2.43 bits per heavy atom. The van der Waals surface area contributed by atoms with E-state index in [9.17, 15) is 22.8 Å². The van der Waals surface area contributed by atoms with Gasteiger partial charge >= 0.3 is 12.1 Å². The quantitative estimate of drug-likeness (QED) is 0.702. The van der Waals surface area contributed by atoms with E-state index >= 15 is 0 Å². The number of carboxylic acid groups (broad SMARTS) is 1. The molecule has 0 unspecified atom stereocenters. The van der Waals surface area contributed by atoms with Crippen LogP contribution < -0.4 is 4.74 Å². The van der Waals surface area contributed by atoms with Crippen molar-refractivity contribution in [3.05, 3.63) is 59.8 Å². The van der Waals surface area contributed by atoms with Crippen LogP contribution in [0.1, 0.15) is 28.9 Å². The monoisotopic (exact) mass is 396 g/mol. The van der Waals surface area contributed by atoms with Crippen LogP contribution in [0.5, 0.6) is 5.88 Å². The van der Waals surface area contributed by atoms with Crippen molar-refractivity contribution in [2.75, 3.05) is 13.2 Å². The smallest absolute Gasteiger partial charge is 0.422 e. The number of aromatic nitrogens is 1. The lowest BCUT2D eigenvalue weighted by Gasteiger charge is -2.22. The molecule has 9 heteroatoms. The van der Waals surface area contributed by atoms with Crippen molar-refractivity contribution >= 4 is 11.9 Å². The largest absolute Gasteiger partial charge is 0.481 e. The number of aliphatic carboxylic acids is 1. The van der Waals surface area contributed by atoms with Gasteiger partial charge in [-0.3, -0.25) is 9.59 Å². The lowest BCUT2D eigenvalue weighted by atomic mass is 10.2. The minimum atomic E-state index is -4.52. The standard InChI is InChI=1S/C19H19F3N2O4/c20-19(21,22)13-28-16-9-4-8-15(23-16)18(27)24(11-5-10-17(25)26)12-14-6-2-1-3-7-14/h1-4,6-9H,5,10-13H2,(H,25,26). The van der Waals surface area contributed by atoms with Gasteiger partial charge in [-0.2, -0.15) is 13.2 Å². The number of carbonyl (C=O) groups is 2. The Morgan fingerprint density at radius 1 is 1.07 bits per heavy atom. The van der Waals surface area contributed by atoms with Gasteiger partial charge in [0.05, 0.1) is 0 Å². The number of amides is 1. The molecule has 0 aliphatic rings. The second-order valence-electron chi connectivity index (χ2n) is 5.97. The van der Waals surface area contributed by atoms with Crippen molar-refractivity contribution in [3.63, 3.8) is 0 Å². The Morgan fingerprint density at radius 2 is 1.79 bits per heavy atom. The van der Waals surface area contributed by atoms with E-state index in [1.54, 1.807) is 12.1 Å². The second-order valence-corrected chi connectivity index (χ2v) is 5.97. The number of alkyl halides is 3. The minimum absolute atomic E-state index is 0.0778. The molecule has 0 spiro atoms. The summed E-state index contributed by atoms with van der Waals surface area (Å²) in [6.45, 7) is -1.13. The summed E-state index contributed by atoms with van der Waals surface area (Å²) in [5.74, 6) is -1.81. The van der Waals surface area contributed by atoms with Crippen LogP contribution >= 0.6 is 0 Å². The molecule has 28 heavy (non-hydrogen) atoms. The zero-order chi connectivity index (χ0) is 20.6. The van der Waals surface area contributed by atoms with E-state index in [0.717, 1.165) is 5.56 Å². The summed E-state index contributed by atoms with van der Waals surface area (Å²) in [6.07, 6.45) is -4.39. The van der Waals surface area contributed by atoms with Crippen LogP contribution in [0.3, 0.4) is 0 Å². The number of nitrogens with zero attached hydrogens (tertiary/aromatic N) is 2. The average Bonchev–Trinajstić information content (AvgIpc) is 2.65. The van der Waals surface area contributed by atoms with Crippen LogP contribution in [-0.4, -0.2) is 46.2 Å². The summed E-state index contributed by atoms with van der Waals surface area (Å²) < 4.78 is 41.5. The number of halogens is 3. The zero-order valence-electron chi connectivity index (χ0n) is 14.9. The fourth-order valence-corrected chi connectivity index (χ4v) is 2.41. The molecule has 0 fully saturated rings. The van der Waals surface area contributed by atoms with Crippen molar-refractivity contribution in [3.8, 4) is 5.88 Å². The topological polar surface area (TPSA) is 79.7 Å². The third-order valence-corrected chi connectivity index (χ3v) is 3.65. The van der Waals surface area contributed by atoms with Crippen LogP contribution in [0, 0.1) is 0 Å². The summed E-state index contributed by atoms with van der Waals surface area (Å²) >= 11 is 0. The second kappa shape index (κ2) is 9.72. The van der Waals surface area contributed by atoms with Gasteiger partial charge in [-0.05, 0) is 18.1 Å². The van der Waals surface area contributed by atoms with Gasteiger partial charge in [0, 0.05) is 25.6 Å². The number of carboxylic acids is 1. The van der Waals surface area contributed by atoms with Crippen LogP contribution in [0.4, 0.5) is 13.2 Å². The van der Waals surface area contributed by atoms with E-state index in [4.69, 9.17) is 5.11 Å². The Bertz CT molecular complexity index is 797. The van der Waals surface area contributed by atoms with Crippen molar-refractivity contribution in [1.82, 2.24) is 9.88 Å². The molecule has 0 bridgehead atoms. The molecule has 1 heterocycles. The molecule has 0 aliphatic carbocycles. The molecule has 150 valence electrons. The van der Waals surface area contributed by atoms with E-state index in [1.807, 2.05) is 18.2 Å². The summed E-state index contributed by atoms with van der Waals surface area (Å²) in [4.78, 5) is 28.8. The average molecular weight is 396 g/mol. The van der Waals surface area contributed by atoms with Crippen LogP contribution in [0.15, 0.2) is 48.5 Å². The minimum Gasteiger partial charge on any atom is -0.481 e. The Balaban J connectivity index is 2.14. The van der Waals surface area contributed by atoms with E-state index in [-0.39, 0.29) is 37.5 Å². The summed E-state index contributed by atoms with van der Waals surface area (Å²) in [5, 5.41) is 8.81. The van der Waals surface area contributed by atoms with Gasteiger partial charge in [0.1, 0.15) is 5.69 Å². The molecule has 0 saturated heterocycles. The number of rotatable bonds is 9. The SMILES string of the molecule is O=C(O)CCCN(Cc1ccccc1)C(=O)c1cccc(OCC(F)(F)F)n1. The van der Waals surface area contributed by atoms with Gasteiger partial charge < -0.3 is 14.7 Å². The third-order valence-electron chi connectivity index (χ3n) is 3.65. The van der Waals surface area contributed by atoms with Gasteiger partial charge in [-0.1, -0.05) is 36.4 Å². The normalized spacial score (nSPS) is 11.1. The van der Waals surface area contributed by atoms with E-state index in [0.29, 0.717) is 0 Å². The third kappa shape index (κ3) is 7.26. The summed E-state index contributed by atoms with van der Waals surface area (Å²) in [7, 11) is 0. The number of pyridine rings is 1. The van der Waals surface area contributed by atoms with Crippen molar-refractivity contribution in [1.29, 1.82) is 0 Å². The highest BCUT2D eigenvalue weighted by molar-refractivity contribution is 5.92. The molecule has 1 amide bonds. The fourth-order valence-electron chi connectivity index (χ4n) is 2.41. The fraction of sp³-hybridized carbons (Fsp3) is 0.316. The highest BCUT2D eigenvalue weighted by Gasteiger charge is 2.29.